The molecule has 2 aliphatic rings. The zero-order valence-corrected chi connectivity index (χ0v) is 21.3. The molecule has 1 aromatic carbocycles. The molecular weight excluding hydrogens is 460 g/mol. The van der Waals surface area contributed by atoms with Crippen molar-refractivity contribution < 1.29 is 23.9 Å². The van der Waals surface area contributed by atoms with Crippen molar-refractivity contribution in [3.8, 4) is 5.75 Å². The number of aromatic nitrogens is 1. The molecule has 0 radical (unpaired) electrons. The molecule has 0 unspecified atom stereocenters. The predicted octanol–water partition coefficient (Wildman–Crippen LogP) is 3.08. The monoisotopic (exact) mass is 494 g/mol. The van der Waals surface area contributed by atoms with Crippen molar-refractivity contribution in [3.05, 3.63) is 53.9 Å². The summed E-state index contributed by atoms with van der Waals surface area (Å²) in [6.45, 7) is 4.84. The molecule has 1 N–H and O–H groups in total. The lowest BCUT2D eigenvalue weighted by molar-refractivity contribution is -0.117. The number of hydrogen-bond acceptors (Lipinski definition) is 6. The van der Waals surface area contributed by atoms with Crippen LogP contribution in [0.4, 0.5) is 5.69 Å². The number of nitrogens with one attached hydrogen (secondary N) is 1. The summed E-state index contributed by atoms with van der Waals surface area (Å²) in [5.41, 5.74) is 1.27. The standard InChI is InChI=1S/C27H34N4O5/c1-17-14-31(27(34)22-7-5-6-12-28-22)18(2)16-36-23-11-10-20(29-25(32)19-8-9-19)13-21(23)26(33)30(3)15-24(17)35-4/h5-7,10-13,17-19,24H,8-9,14-16H2,1-4H3,(H,29,32)/t17-,18-,24-/m1/s1. The fourth-order valence-corrected chi connectivity index (χ4v) is 4.36. The average molecular weight is 495 g/mol. The van der Waals surface area contributed by atoms with Gasteiger partial charge in [-0.2, -0.15) is 0 Å². The van der Waals surface area contributed by atoms with Gasteiger partial charge >= 0.3 is 0 Å². The van der Waals surface area contributed by atoms with Gasteiger partial charge in [0, 0.05) is 51.0 Å². The van der Waals surface area contributed by atoms with E-state index in [4.69, 9.17) is 9.47 Å². The number of ether oxygens (including phenoxy) is 2. The number of fused-ring (bicyclic) bond motifs is 1. The molecule has 1 aromatic heterocycles. The molecule has 3 amide bonds. The lowest BCUT2D eigenvalue weighted by atomic mass is 10.0. The third kappa shape index (κ3) is 5.84. The van der Waals surface area contributed by atoms with Crippen molar-refractivity contribution in [3.63, 3.8) is 0 Å². The van der Waals surface area contributed by atoms with E-state index in [9.17, 15) is 14.4 Å². The molecule has 0 bridgehead atoms. The van der Waals surface area contributed by atoms with Gasteiger partial charge in [0.25, 0.3) is 11.8 Å². The van der Waals surface area contributed by atoms with Crippen LogP contribution in [0.2, 0.25) is 0 Å². The average Bonchev–Trinajstić information content (AvgIpc) is 3.74. The molecule has 192 valence electrons. The summed E-state index contributed by atoms with van der Waals surface area (Å²) in [6.07, 6.45) is 3.09. The second kappa shape index (κ2) is 11.1. The number of amides is 3. The van der Waals surface area contributed by atoms with Crippen LogP contribution in [0.25, 0.3) is 0 Å². The minimum Gasteiger partial charge on any atom is -0.491 e. The maximum atomic E-state index is 13.4. The molecule has 0 saturated heterocycles. The van der Waals surface area contributed by atoms with E-state index in [1.54, 1.807) is 66.6 Å². The third-order valence-corrected chi connectivity index (χ3v) is 6.81. The maximum Gasteiger partial charge on any atom is 0.272 e. The molecule has 2 aromatic rings. The van der Waals surface area contributed by atoms with E-state index in [0.29, 0.717) is 35.8 Å². The molecule has 1 aliphatic carbocycles. The Bertz CT molecular complexity index is 1100. The van der Waals surface area contributed by atoms with Gasteiger partial charge in [-0.25, -0.2) is 0 Å². The maximum absolute atomic E-state index is 13.4. The number of nitrogens with zero attached hydrogens (tertiary/aromatic N) is 3. The summed E-state index contributed by atoms with van der Waals surface area (Å²) in [4.78, 5) is 46.7. The Morgan fingerprint density at radius 1 is 1.14 bits per heavy atom. The molecule has 1 aliphatic heterocycles. The fourth-order valence-electron chi connectivity index (χ4n) is 4.36. The van der Waals surface area contributed by atoms with E-state index in [-0.39, 0.29) is 48.3 Å². The smallest absolute Gasteiger partial charge is 0.272 e. The molecule has 2 heterocycles. The van der Waals surface area contributed by atoms with Gasteiger partial charge < -0.3 is 24.6 Å². The highest BCUT2D eigenvalue weighted by Gasteiger charge is 2.32. The van der Waals surface area contributed by atoms with Gasteiger partial charge in [0.1, 0.15) is 18.1 Å². The zero-order valence-electron chi connectivity index (χ0n) is 21.3. The second-order valence-corrected chi connectivity index (χ2v) is 9.74. The summed E-state index contributed by atoms with van der Waals surface area (Å²) >= 11 is 0. The number of carbonyl (C=O) groups excluding carboxylic acids is 3. The SMILES string of the molecule is CO[C@@H]1CN(C)C(=O)c2cc(NC(=O)C3CC3)ccc2OC[C@@H](C)N(C(=O)c2ccccn2)C[C@H]1C. The number of methoxy groups -OCH3 is 1. The topological polar surface area (TPSA) is 101 Å². The Balaban J connectivity index is 1.65. The van der Waals surface area contributed by atoms with Crippen molar-refractivity contribution in [2.75, 3.05) is 39.2 Å². The lowest BCUT2D eigenvalue weighted by Gasteiger charge is -2.36. The van der Waals surface area contributed by atoms with Crippen LogP contribution in [0.1, 0.15) is 47.5 Å². The number of anilines is 1. The first kappa shape index (κ1) is 25.6. The van der Waals surface area contributed by atoms with Crippen LogP contribution < -0.4 is 10.1 Å². The Morgan fingerprint density at radius 2 is 1.92 bits per heavy atom. The van der Waals surface area contributed by atoms with Gasteiger partial charge in [0.2, 0.25) is 5.91 Å². The summed E-state index contributed by atoms with van der Waals surface area (Å²) in [6, 6.07) is 10.1. The number of carbonyl (C=O) groups is 3. The zero-order chi connectivity index (χ0) is 25.8. The van der Waals surface area contributed by atoms with Crippen LogP contribution in [0.15, 0.2) is 42.6 Å². The Kier molecular flexibility index (Phi) is 7.88. The Labute approximate surface area is 211 Å². The quantitative estimate of drug-likeness (QED) is 0.701. The minimum absolute atomic E-state index is 0.0320. The van der Waals surface area contributed by atoms with Crippen LogP contribution in [0, 0.1) is 11.8 Å². The van der Waals surface area contributed by atoms with Gasteiger partial charge in [-0.3, -0.25) is 19.4 Å². The lowest BCUT2D eigenvalue weighted by Crippen LogP contribution is -2.48. The third-order valence-electron chi connectivity index (χ3n) is 6.81. The summed E-state index contributed by atoms with van der Waals surface area (Å²) < 4.78 is 11.9. The number of hydrogen-bond donors (Lipinski definition) is 1. The van der Waals surface area contributed by atoms with Crippen molar-refractivity contribution >= 4 is 23.4 Å². The van der Waals surface area contributed by atoms with Gasteiger partial charge in [0.05, 0.1) is 17.7 Å². The first-order valence-electron chi connectivity index (χ1n) is 12.4. The molecule has 9 nitrogen and oxygen atoms in total. The predicted molar refractivity (Wildman–Crippen MR) is 135 cm³/mol. The summed E-state index contributed by atoms with van der Waals surface area (Å²) in [5.74, 6) is -0.0625. The number of benzene rings is 1. The first-order valence-corrected chi connectivity index (χ1v) is 12.4. The van der Waals surface area contributed by atoms with Crippen molar-refractivity contribution in [1.82, 2.24) is 14.8 Å². The van der Waals surface area contributed by atoms with E-state index in [2.05, 4.69) is 10.3 Å². The highest BCUT2D eigenvalue weighted by molar-refractivity contribution is 6.00. The highest BCUT2D eigenvalue weighted by Crippen LogP contribution is 2.31. The van der Waals surface area contributed by atoms with Gasteiger partial charge in [-0.15, -0.1) is 0 Å². The van der Waals surface area contributed by atoms with Crippen molar-refractivity contribution in [2.24, 2.45) is 11.8 Å². The Morgan fingerprint density at radius 3 is 2.58 bits per heavy atom. The van der Waals surface area contributed by atoms with Crippen molar-refractivity contribution in [2.45, 2.75) is 38.8 Å². The van der Waals surface area contributed by atoms with Crippen LogP contribution in [-0.4, -0.2) is 78.5 Å². The van der Waals surface area contributed by atoms with Crippen LogP contribution >= 0.6 is 0 Å². The number of likely N-dealkylation sites (N-methyl/N-ethyl adjacent to an activating group) is 1. The summed E-state index contributed by atoms with van der Waals surface area (Å²) in [7, 11) is 3.33. The van der Waals surface area contributed by atoms with Gasteiger partial charge in [-0.05, 0) is 50.1 Å². The Hall–Kier alpha value is -3.46. The first-order chi connectivity index (χ1) is 17.3. The molecule has 36 heavy (non-hydrogen) atoms. The van der Waals surface area contributed by atoms with Crippen LogP contribution in [-0.2, 0) is 9.53 Å². The molecule has 3 atom stereocenters. The summed E-state index contributed by atoms with van der Waals surface area (Å²) in [5, 5.41) is 2.90. The molecule has 1 saturated carbocycles. The van der Waals surface area contributed by atoms with E-state index in [0.717, 1.165) is 12.8 Å². The number of rotatable bonds is 4. The van der Waals surface area contributed by atoms with E-state index >= 15 is 0 Å². The fraction of sp³-hybridized carbons (Fsp3) is 0.481. The molecule has 1 fully saturated rings. The number of pyridine rings is 1. The largest absolute Gasteiger partial charge is 0.491 e. The van der Waals surface area contributed by atoms with Crippen molar-refractivity contribution in [1.29, 1.82) is 0 Å². The van der Waals surface area contributed by atoms with E-state index in [1.165, 1.54) is 0 Å². The van der Waals surface area contributed by atoms with Gasteiger partial charge in [-0.1, -0.05) is 13.0 Å². The normalized spacial score (nSPS) is 23.1. The van der Waals surface area contributed by atoms with Gasteiger partial charge in [0.15, 0.2) is 0 Å². The van der Waals surface area contributed by atoms with Crippen LogP contribution in [0.5, 0.6) is 5.75 Å². The molecule has 0 spiro atoms. The highest BCUT2D eigenvalue weighted by atomic mass is 16.5. The second-order valence-electron chi connectivity index (χ2n) is 9.74. The molecular formula is C27H34N4O5. The molecule has 4 rings (SSSR count). The van der Waals surface area contributed by atoms with Crippen LogP contribution in [0.3, 0.4) is 0 Å². The van der Waals surface area contributed by atoms with E-state index < -0.39 is 0 Å². The molecule has 9 heteroatoms. The minimum atomic E-state index is -0.299. The van der Waals surface area contributed by atoms with E-state index in [1.807, 2.05) is 13.8 Å².